The number of aliphatic hydroxyl groups is 1. The Morgan fingerprint density at radius 2 is 1.57 bits per heavy atom. The molecule has 1 rings (SSSR count). The van der Waals surface area contributed by atoms with Gasteiger partial charge in [-0.3, -0.25) is 0 Å². The van der Waals surface area contributed by atoms with Crippen LogP contribution in [-0.2, 0) is 11.2 Å². The number of hydrogen-bond donors (Lipinski definition) is 3. The summed E-state index contributed by atoms with van der Waals surface area (Å²) < 4.78 is 4.94. The van der Waals surface area contributed by atoms with Gasteiger partial charge in [-0.05, 0) is 43.9 Å². The molecule has 124 valence electrons. The minimum absolute atomic E-state index is 0.0341. The third-order valence-electron chi connectivity index (χ3n) is 2.23. The molecule has 0 amide bonds. The number of ether oxygens (including phenoxy) is 1. The monoisotopic (exact) mass is 300 g/mol. The van der Waals surface area contributed by atoms with Crippen LogP contribution in [0.3, 0.4) is 0 Å². The van der Waals surface area contributed by atoms with Crippen molar-refractivity contribution in [2.75, 3.05) is 13.2 Å². The molecule has 21 heavy (non-hydrogen) atoms. The van der Waals surface area contributed by atoms with Gasteiger partial charge in [0.25, 0.3) is 0 Å². The molecule has 0 aliphatic carbocycles. The van der Waals surface area contributed by atoms with Crippen molar-refractivity contribution in [2.24, 2.45) is 5.92 Å². The maximum atomic E-state index is 9.16. The Bertz CT molecular complexity index is 349. The van der Waals surface area contributed by atoms with Gasteiger partial charge in [-0.15, -0.1) is 0 Å². The summed E-state index contributed by atoms with van der Waals surface area (Å²) >= 11 is 0. The molecule has 0 bridgehead atoms. The molecule has 1 aromatic carbocycles. The number of rotatable bonds is 5. The average Bonchev–Trinajstić information content (AvgIpc) is 2.43. The second-order valence-electron chi connectivity index (χ2n) is 5.06. The van der Waals surface area contributed by atoms with E-state index >= 15 is 0 Å². The van der Waals surface area contributed by atoms with Gasteiger partial charge < -0.3 is 20.1 Å². The lowest BCUT2D eigenvalue weighted by Gasteiger charge is -2.05. The smallest absolute Gasteiger partial charge is 0.157 e. The molecule has 0 saturated carbocycles. The molecule has 3 N–H and O–H groups in total. The summed E-state index contributed by atoms with van der Waals surface area (Å²) in [7, 11) is 0. The Labute approximate surface area is 129 Å². The lowest BCUT2D eigenvalue weighted by atomic mass is 10.0. The number of aromatic hydroxyl groups is 2. The lowest BCUT2D eigenvalue weighted by Crippen LogP contribution is -2.06. The number of phenols is 2. The molecule has 0 spiro atoms. The van der Waals surface area contributed by atoms with E-state index in [0.717, 1.165) is 12.0 Å². The molecule has 0 saturated heterocycles. The van der Waals surface area contributed by atoms with E-state index in [0.29, 0.717) is 12.5 Å². The van der Waals surface area contributed by atoms with Crippen molar-refractivity contribution < 1.29 is 20.1 Å². The van der Waals surface area contributed by atoms with Crippen LogP contribution in [0.4, 0.5) is 0 Å². The molecule has 0 unspecified atom stereocenters. The molecule has 4 nitrogen and oxygen atoms in total. The second kappa shape index (κ2) is 13.7. The highest BCUT2D eigenvalue weighted by atomic mass is 16.5. The zero-order valence-corrected chi connectivity index (χ0v) is 14.3. The molecule has 0 aromatic heterocycles. The van der Waals surface area contributed by atoms with E-state index < -0.39 is 0 Å². The van der Waals surface area contributed by atoms with Crippen molar-refractivity contribution in [1.29, 1.82) is 0 Å². The van der Waals surface area contributed by atoms with Crippen molar-refractivity contribution in [3.63, 3.8) is 0 Å². The summed E-state index contributed by atoms with van der Waals surface area (Å²) in [6, 6.07) is 4.96. The number of benzene rings is 1. The standard InChI is InChI=1S/C10H14O2.C5H12O2.C2H6/c1-7(2)5-8-3-4-9(11)10(12)6-8;1-5(2)7-4-3-6;1-2/h3-4,6-7,11-12H,5H2,1-2H3;5-6H,3-4H2,1-2H3;1-2H3. The molecule has 0 aliphatic heterocycles. The van der Waals surface area contributed by atoms with E-state index in [9.17, 15) is 0 Å². The molecule has 0 heterocycles. The third-order valence-corrected chi connectivity index (χ3v) is 2.23. The molecule has 0 radical (unpaired) electrons. The average molecular weight is 300 g/mol. The highest BCUT2D eigenvalue weighted by Crippen LogP contribution is 2.25. The lowest BCUT2D eigenvalue weighted by molar-refractivity contribution is 0.0494. The van der Waals surface area contributed by atoms with Crippen molar-refractivity contribution in [3.05, 3.63) is 23.8 Å². The van der Waals surface area contributed by atoms with Crippen LogP contribution in [0, 0.1) is 5.92 Å². The van der Waals surface area contributed by atoms with Gasteiger partial charge >= 0.3 is 0 Å². The van der Waals surface area contributed by atoms with Crippen LogP contribution in [-0.4, -0.2) is 34.6 Å². The summed E-state index contributed by atoms with van der Waals surface area (Å²) in [4.78, 5) is 0. The third kappa shape index (κ3) is 13.5. The Balaban J connectivity index is 0. The van der Waals surface area contributed by atoms with Gasteiger partial charge in [0.2, 0.25) is 0 Å². The van der Waals surface area contributed by atoms with Crippen LogP contribution >= 0.6 is 0 Å². The van der Waals surface area contributed by atoms with Crippen LogP contribution in [0.5, 0.6) is 11.5 Å². The van der Waals surface area contributed by atoms with E-state index in [-0.39, 0.29) is 24.2 Å². The summed E-state index contributed by atoms with van der Waals surface area (Å²) in [6.07, 6.45) is 1.17. The van der Waals surface area contributed by atoms with Gasteiger partial charge in [-0.25, -0.2) is 0 Å². The van der Waals surface area contributed by atoms with Crippen molar-refractivity contribution in [3.8, 4) is 11.5 Å². The maximum absolute atomic E-state index is 9.16. The molecule has 0 atom stereocenters. The SMILES string of the molecule is CC.CC(C)Cc1ccc(O)c(O)c1.CC(C)OCCO. The summed E-state index contributed by atoms with van der Waals surface area (Å²) in [5, 5.41) is 26.4. The first-order valence-electron chi connectivity index (χ1n) is 7.60. The molecule has 0 aliphatic rings. The number of phenolic OH excluding ortho intramolecular Hbond substituents is 2. The normalized spacial score (nSPS) is 9.76. The van der Waals surface area contributed by atoms with E-state index in [1.54, 1.807) is 6.07 Å². The maximum Gasteiger partial charge on any atom is 0.157 e. The molecular weight excluding hydrogens is 268 g/mol. The Hall–Kier alpha value is -1.26. The van der Waals surface area contributed by atoms with Gasteiger partial charge in [0.15, 0.2) is 11.5 Å². The van der Waals surface area contributed by atoms with Crippen LogP contribution < -0.4 is 0 Å². The van der Waals surface area contributed by atoms with Gasteiger partial charge in [-0.1, -0.05) is 33.8 Å². The molecule has 1 aromatic rings. The predicted molar refractivity (Wildman–Crippen MR) is 87.8 cm³/mol. The summed E-state index contributed by atoms with van der Waals surface area (Å²) in [6.45, 7) is 12.7. The Morgan fingerprint density at radius 3 is 1.90 bits per heavy atom. The van der Waals surface area contributed by atoms with Crippen molar-refractivity contribution in [2.45, 2.75) is 54.1 Å². The number of aliphatic hydroxyl groups excluding tert-OH is 1. The Morgan fingerprint density at radius 1 is 1.00 bits per heavy atom. The van der Waals surface area contributed by atoms with Gasteiger partial charge in [-0.2, -0.15) is 0 Å². The van der Waals surface area contributed by atoms with Crippen molar-refractivity contribution in [1.82, 2.24) is 0 Å². The molecular formula is C17H32O4. The van der Waals surface area contributed by atoms with E-state index in [2.05, 4.69) is 13.8 Å². The minimum atomic E-state index is -0.0532. The van der Waals surface area contributed by atoms with Crippen molar-refractivity contribution >= 4 is 0 Å². The largest absolute Gasteiger partial charge is 0.504 e. The first kappa shape index (κ1) is 22.0. The fourth-order valence-corrected chi connectivity index (χ4v) is 1.46. The Kier molecular flexibility index (Phi) is 14.4. The van der Waals surface area contributed by atoms with E-state index in [1.165, 1.54) is 6.07 Å². The minimum Gasteiger partial charge on any atom is -0.504 e. The predicted octanol–water partition coefficient (Wildman–Crippen LogP) is 3.73. The van der Waals surface area contributed by atoms with Crippen LogP contribution in [0.1, 0.15) is 47.1 Å². The van der Waals surface area contributed by atoms with Gasteiger partial charge in [0, 0.05) is 0 Å². The first-order chi connectivity index (χ1) is 9.86. The second-order valence-corrected chi connectivity index (χ2v) is 5.06. The summed E-state index contributed by atoms with van der Waals surface area (Å²) in [5.41, 5.74) is 1.06. The van der Waals surface area contributed by atoms with E-state index in [1.807, 2.05) is 33.8 Å². The molecule has 4 heteroatoms. The topological polar surface area (TPSA) is 69.9 Å². The van der Waals surface area contributed by atoms with Gasteiger partial charge in [0.1, 0.15) is 0 Å². The fourth-order valence-electron chi connectivity index (χ4n) is 1.46. The van der Waals surface area contributed by atoms with Crippen LogP contribution in [0.25, 0.3) is 0 Å². The first-order valence-corrected chi connectivity index (χ1v) is 7.60. The quantitative estimate of drug-likeness (QED) is 0.725. The fraction of sp³-hybridized carbons (Fsp3) is 0.647. The highest BCUT2D eigenvalue weighted by Gasteiger charge is 2.01. The molecule has 0 fully saturated rings. The van der Waals surface area contributed by atoms with Gasteiger partial charge in [0.05, 0.1) is 19.3 Å². The summed E-state index contributed by atoms with van der Waals surface area (Å²) in [5.74, 6) is 0.476. The van der Waals surface area contributed by atoms with Crippen LogP contribution in [0.15, 0.2) is 18.2 Å². The number of hydrogen-bond acceptors (Lipinski definition) is 4. The zero-order chi connectivity index (χ0) is 16.8. The van der Waals surface area contributed by atoms with E-state index in [4.69, 9.17) is 20.1 Å². The highest BCUT2D eigenvalue weighted by molar-refractivity contribution is 5.40. The zero-order valence-electron chi connectivity index (χ0n) is 14.3. The van der Waals surface area contributed by atoms with Crippen LogP contribution in [0.2, 0.25) is 0 Å².